The number of halogens is 1. The van der Waals surface area contributed by atoms with Gasteiger partial charge in [-0.2, -0.15) is 0 Å². The van der Waals surface area contributed by atoms with Crippen molar-refractivity contribution in [3.63, 3.8) is 0 Å². The van der Waals surface area contributed by atoms with Gasteiger partial charge in [-0.25, -0.2) is 14.2 Å². The Morgan fingerprint density at radius 3 is 2.62 bits per heavy atom. The molecule has 0 spiro atoms. The van der Waals surface area contributed by atoms with Gasteiger partial charge in [-0.1, -0.05) is 31.2 Å². The Morgan fingerprint density at radius 2 is 2.00 bits per heavy atom. The van der Waals surface area contributed by atoms with E-state index in [1.54, 1.807) is 0 Å². The molecule has 4 nitrogen and oxygen atoms in total. The van der Waals surface area contributed by atoms with Crippen molar-refractivity contribution < 1.29 is 14.3 Å². The average Bonchev–Trinajstić information content (AvgIpc) is 2.89. The molecule has 3 rings (SSSR count). The number of aryl methyl sites for hydroxylation is 1. The number of fused-ring (bicyclic) bond motifs is 1. The van der Waals surface area contributed by atoms with Crippen LogP contribution < -0.4 is 0 Å². The lowest BCUT2D eigenvalue weighted by molar-refractivity contribution is 0.0692. The van der Waals surface area contributed by atoms with Crippen LogP contribution in [0, 0.1) is 5.82 Å². The number of hydrogen-bond donors (Lipinski definition) is 2. The predicted octanol–water partition coefficient (Wildman–Crippen LogP) is 3.63. The quantitative estimate of drug-likeness (QED) is 0.771. The molecule has 0 saturated heterocycles. The summed E-state index contributed by atoms with van der Waals surface area (Å²) in [6, 6.07) is 10.3. The van der Waals surface area contributed by atoms with Gasteiger partial charge >= 0.3 is 5.97 Å². The second-order valence-electron chi connectivity index (χ2n) is 4.79. The van der Waals surface area contributed by atoms with Crippen LogP contribution in [0.5, 0.6) is 0 Å². The van der Waals surface area contributed by atoms with Gasteiger partial charge in [0.25, 0.3) is 0 Å². The number of benzene rings is 2. The molecule has 0 radical (unpaired) electrons. The van der Waals surface area contributed by atoms with Crippen LogP contribution in [0.15, 0.2) is 36.4 Å². The maximum Gasteiger partial charge on any atom is 0.338 e. The number of rotatable bonds is 3. The van der Waals surface area contributed by atoms with Crippen LogP contribution in [-0.4, -0.2) is 21.0 Å². The minimum Gasteiger partial charge on any atom is -0.478 e. The van der Waals surface area contributed by atoms with Gasteiger partial charge in [-0.15, -0.1) is 0 Å². The minimum atomic E-state index is -1.30. The van der Waals surface area contributed by atoms with Crippen molar-refractivity contribution >= 4 is 17.0 Å². The van der Waals surface area contributed by atoms with Crippen molar-refractivity contribution in [2.75, 3.05) is 0 Å². The Morgan fingerprint density at radius 1 is 1.29 bits per heavy atom. The van der Waals surface area contributed by atoms with E-state index in [9.17, 15) is 9.18 Å². The highest BCUT2D eigenvalue weighted by molar-refractivity contribution is 5.93. The van der Waals surface area contributed by atoms with Crippen molar-refractivity contribution in [2.24, 2.45) is 0 Å². The highest BCUT2D eigenvalue weighted by Crippen LogP contribution is 2.23. The Bertz CT molecular complexity index is 822. The summed E-state index contributed by atoms with van der Waals surface area (Å²) in [6.07, 6.45) is 0.952. The van der Waals surface area contributed by atoms with Gasteiger partial charge in [-0.3, -0.25) is 0 Å². The molecule has 0 aliphatic carbocycles. The number of imidazole rings is 1. The van der Waals surface area contributed by atoms with Crippen LogP contribution >= 0.6 is 0 Å². The minimum absolute atomic E-state index is 0.373. The number of nitrogens with zero attached hydrogens (tertiary/aromatic N) is 1. The molecular formula is C16H13FN2O2. The lowest BCUT2D eigenvalue weighted by Gasteiger charge is -1.98. The number of aromatic nitrogens is 2. The average molecular weight is 284 g/mol. The molecule has 0 bridgehead atoms. The predicted molar refractivity (Wildman–Crippen MR) is 77.8 cm³/mol. The lowest BCUT2D eigenvalue weighted by Crippen LogP contribution is -1.99. The number of nitrogens with one attached hydrogen (secondary N) is 1. The van der Waals surface area contributed by atoms with E-state index in [0.29, 0.717) is 16.9 Å². The van der Waals surface area contributed by atoms with Gasteiger partial charge in [0.05, 0.1) is 16.6 Å². The molecule has 0 aliphatic rings. The summed E-state index contributed by atoms with van der Waals surface area (Å²) in [5.41, 5.74) is 2.63. The second-order valence-corrected chi connectivity index (χ2v) is 4.79. The van der Waals surface area contributed by atoms with E-state index in [4.69, 9.17) is 5.11 Å². The molecule has 21 heavy (non-hydrogen) atoms. The molecule has 0 unspecified atom stereocenters. The summed E-state index contributed by atoms with van der Waals surface area (Å²) in [4.78, 5) is 18.3. The Hall–Kier alpha value is -2.69. The summed E-state index contributed by atoms with van der Waals surface area (Å²) in [5, 5.41) is 8.93. The molecule has 1 aromatic heterocycles. The molecule has 3 aromatic rings. The summed E-state index contributed by atoms with van der Waals surface area (Å²) in [7, 11) is 0. The van der Waals surface area contributed by atoms with E-state index in [1.165, 1.54) is 11.6 Å². The number of carboxylic acids is 1. The van der Waals surface area contributed by atoms with Crippen molar-refractivity contribution in [3.8, 4) is 11.4 Å². The number of aromatic amines is 1. The van der Waals surface area contributed by atoms with Gasteiger partial charge in [0, 0.05) is 11.6 Å². The maximum absolute atomic E-state index is 13.7. The van der Waals surface area contributed by atoms with Gasteiger partial charge in [0.15, 0.2) is 0 Å². The summed E-state index contributed by atoms with van der Waals surface area (Å²) < 4.78 is 13.7. The SMILES string of the molecule is CCc1ccc(-c2nc3cc(C(=O)O)c(F)cc3[nH]2)cc1. The van der Waals surface area contributed by atoms with E-state index in [-0.39, 0.29) is 5.56 Å². The second kappa shape index (κ2) is 5.01. The van der Waals surface area contributed by atoms with E-state index in [0.717, 1.165) is 18.1 Å². The van der Waals surface area contributed by atoms with Gasteiger partial charge in [-0.05, 0) is 18.1 Å². The normalized spacial score (nSPS) is 11.0. The molecule has 2 N–H and O–H groups in total. The number of H-pyrrole nitrogens is 1. The fraction of sp³-hybridized carbons (Fsp3) is 0.125. The van der Waals surface area contributed by atoms with Crippen LogP contribution in [0.3, 0.4) is 0 Å². The van der Waals surface area contributed by atoms with Crippen molar-refractivity contribution in [1.82, 2.24) is 9.97 Å². The third kappa shape index (κ3) is 2.38. The zero-order valence-electron chi connectivity index (χ0n) is 11.4. The highest BCUT2D eigenvalue weighted by atomic mass is 19.1. The summed E-state index contributed by atoms with van der Waals surface area (Å²) in [5.74, 6) is -1.48. The first-order chi connectivity index (χ1) is 10.1. The topological polar surface area (TPSA) is 66.0 Å². The maximum atomic E-state index is 13.7. The van der Waals surface area contributed by atoms with Crippen molar-refractivity contribution in [1.29, 1.82) is 0 Å². The Labute approximate surface area is 120 Å². The first kappa shape index (κ1) is 13.3. The van der Waals surface area contributed by atoms with Crippen molar-refractivity contribution in [3.05, 3.63) is 53.3 Å². The zero-order valence-corrected chi connectivity index (χ0v) is 11.4. The molecule has 0 saturated carbocycles. The first-order valence-corrected chi connectivity index (χ1v) is 6.60. The van der Waals surface area contributed by atoms with E-state index in [2.05, 4.69) is 16.9 Å². The van der Waals surface area contributed by atoms with Crippen molar-refractivity contribution in [2.45, 2.75) is 13.3 Å². The van der Waals surface area contributed by atoms with Gasteiger partial charge < -0.3 is 10.1 Å². The smallest absolute Gasteiger partial charge is 0.338 e. The number of aromatic carboxylic acids is 1. The van der Waals surface area contributed by atoms with Crippen LogP contribution in [0.25, 0.3) is 22.4 Å². The van der Waals surface area contributed by atoms with Crippen LogP contribution in [-0.2, 0) is 6.42 Å². The molecule has 0 fully saturated rings. The highest BCUT2D eigenvalue weighted by Gasteiger charge is 2.14. The van der Waals surface area contributed by atoms with E-state index in [1.807, 2.05) is 24.3 Å². The molecule has 5 heteroatoms. The van der Waals surface area contributed by atoms with Crippen LogP contribution in [0.2, 0.25) is 0 Å². The fourth-order valence-corrected chi connectivity index (χ4v) is 2.23. The van der Waals surface area contributed by atoms with Gasteiger partial charge in [0.2, 0.25) is 0 Å². The molecular weight excluding hydrogens is 271 g/mol. The summed E-state index contributed by atoms with van der Waals surface area (Å²) in [6.45, 7) is 2.08. The van der Waals surface area contributed by atoms with E-state index < -0.39 is 11.8 Å². The molecule has 106 valence electrons. The first-order valence-electron chi connectivity index (χ1n) is 6.60. The third-order valence-corrected chi connectivity index (χ3v) is 3.44. The Kier molecular flexibility index (Phi) is 3.17. The molecule has 0 aliphatic heterocycles. The monoisotopic (exact) mass is 284 g/mol. The number of hydrogen-bond acceptors (Lipinski definition) is 2. The molecule has 2 aromatic carbocycles. The van der Waals surface area contributed by atoms with Gasteiger partial charge in [0.1, 0.15) is 11.6 Å². The largest absolute Gasteiger partial charge is 0.478 e. The standard InChI is InChI=1S/C16H13FN2O2/c1-2-9-3-5-10(6-4-9)15-18-13-7-11(16(20)21)12(17)8-14(13)19-15/h3-8H,2H2,1H3,(H,18,19)(H,20,21). The third-order valence-electron chi connectivity index (χ3n) is 3.44. The number of carbonyl (C=O) groups is 1. The van der Waals surface area contributed by atoms with Crippen LogP contribution in [0.4, 0.5) is 4.39 Å². The number of carboxylic acid groups (broad SMARTS) is 1. The lowest BCUT2D eigenvalue weighted by atomic mass is 10.1. The zero-order chi connectivity index (χ0) is 15.0. The van der Waals surface area contributed by atoms with E-state index >= 15 is 0 Å². The molecule has 0 amide bonds. The Balaban J connectivity index is 2.09. The molecule has 0 atom stereocenters. The fourth-order valence-electron chi connectivity index (χ4n) is 2.23. The summed E-state index contributed by atoms with van der Waals surface area (Å²) >= 11 is 0. The van der Waals surface area contributed by atoms with Crippen LogP contribution in [0.1, 0.15) is 22.8 Å². The molecule has 1 heterocycles.